The lowest BCUT2D eigenvalue weighted by atomic mass is 10.1. The Morgan fingerprint density at radius 2 is 1.60 bits per heavy atom. The van der Waals surface area contributed by atoms with E-state index >= 15 is 0 Å². The molecule has 0 saturated carbocycles. The van der Waals surface area contributed by atoms with E-state index in [0.717, 1.165) is 6.08 Å². The van der Waals surface area contributed by atoms with Crippen molar-refractivity contribution in [3.63, 3.8) is 0 Å². The predicted molar refractivity (Wildman–Crippen MR) is 51.4 cm³/mol. The molecule has 1 aromatic rings. The Hall–Kier alpha value is -2.30. The van der Waals surface area contributed by atoms with Crippen LogP contribution in [-0.2, 0) is 9.59 Å². The quantitative estimate of drug-likeness (QED) is 0.390. The van der Waals surface area contributed by atoms with Crippen LogP contribution in [0, 0.1) is 0 Å². The Bertz CT molecular complexity index is 417. The molecule has 0 radical (unpaired) electrons. The van der Waals surface area contributed by atoms with Gasteiger partial charge in [-0.1, -0.05) is 18.2 Å². The molecule has 5 nitrogen and oxygen atoms in total. The van der Waals surface area contributed by atoms with E-state index in [2.05, 4.69) is 0 Å². The van der Waals surface area contributed by atoms with Crippen LogP contribution in [0.3, 0.4) is 0 Å². The van der Waals surface area contributed by atoms with E-state index in [1.807, 2.05) is 0 Å². The van der Waals surface area contributed by atoms with E-state index in [0.29, 0.717) is 0 Å². The first kappa shape index (κ1) is 10.8. The number of para-hydroxylation sites is 1. The fourth-order valence-corrected chi connectivity index (χ4v) is 0.980. The van der Waals surface area contributed by atoms with Gasteiger partial charge < -0.3 is 15.3 Å². The molecule has 0 unspecified atom stereocenters. The molecule has 5 heteroatoms. The molecule has 3 N–H and O–H groups in total. The largest absolute Gasteiger partial charge is 0.507 e. The molecule has 0 aliphatic carbocycles. The van der Waals surface area contributed by atoms with Crippen molar-refractivity contribution in [2.75, 3.05) is 0 Å². The Morgan fingerprint density at radius 3 is 2.07 bits per heavy atom. The van der Waals surface area contributed by atoms with Crippen LogP contribution in [0.4, 0.5) is 0 Å². The first-order chi connectivity index (χ1) is 7.02. The lowest BCUT2D eigenvalue weighted by Gasteiger charge is -1.99. The number of hydrogen-bond donors (Lipinski definition) is 3. The van der Waals surface area contributed by atoms with Crippen molar-refractivity contribution in [2.45, 2.75) is 0 Å². The lowest BCUT2D eigenvalue weighted by Crippen LogP contribution is -2.10. The van der Waals surface area contributed by atoms with E-state index in [9.17, 15) is 14.7 Å². The highest BCUT2D eigenvalue weighted by Gasteiger charge is 2.16. The summed E-state index contributed by atoms with van der Waals surface area (Å²) in [7, 11) is 0. The van der Waals surface area contributed by atoms with E-state index in [4.69, 9.17) is 10.2 Å². The van der Waals surface area contributed by atoms with Gasteiger partial charge in [-0.3, -0.25) is 0 Å². The molecule has 0 fully saturated rings. The maximum Gasteiger partial charge on any atom is 0.343 e. The second-order valence-electron chi connectivity index (χ2n) is 2.73. The van der Waals surface area contributed by atoms with Crippen molar-refractivity contribution in [2.24, 2.45) is 0 Å². The maximum atomic E-state index is 10.5. The van der Waals surface area contributed by atoms with Gasteiger partial charge in [-0.05, 0) is 12.1 Å². The maximum absolute atomic E-state index is 10.5. The number of phenolic OH excluding ortho intramolecular Hbond substituents is 1. The van der Waals surface area contributed by atoms with Gasteiger partial charge >= 0.3 is 11.9 Å². The van der Waals surface area contributed by atoms with Crippen molar-refractivity contribution >= 4 is 18.0 Å². The molecule has 0 spiro atoms. The highest BCUT2D eigenvalue weighted by atomic mass is 16.4. The molecule has 1 rings (SSSR count). The summed E-state index contributed by atoms with van der Waals surface area (Å²) in [5.74, 6) is -3.27. The van der Waals surface area contributed by atoms with Crippen molar-refractivity contribution in [1.29, 1.82) is 0 Å². The summed E-state index contributed by atoms with van der Waals surface area (Å²) >= 11 is 0. The Kier molecular flexibility index (Phi) is 3.07. The average molecular weight is 208 g/mol. The van der Waals surface area contributed by atoms with E-state index < -0.39 is 17.5 Å². The number of carboxylic acid groups (broad SMARTS) is 2. The van der Waals surface area contributed by atoms with Gasteiger partial charge in [0, 0.05) is 5.56 Å². The second kappa shape index (κ2) is 4.28. The third-order valence-electron chi connectivity index (χ3n) is 1.70. The summed E-state index contributed by atoms with van der Waals surface area (Å²) in [6.45, 7) is 0. The molecule has 0 saturated heterocycles. The number of carboxylic acids is 2. The summed E-state index contributed by atoms with van der Waals surface area (Å²) in [5.41, 5.74) is -0.645. The SMILES string of the molecule is O=C(O)C(=Cc1ccccc1O)C(=O)O. The molecular weight excluding hydrogens is 200 g/mol. The lowest BCUT2D eigenvalue weighted by molar-refractivity contribution is -0.139. The molecule has 0 aliphatic rings. The fraction of sp³-hybridized carbons (Fsp3) is 0. The van der Waals surface area contributed by atoms with Gasteiger partial charge in [0.2, 0.25) is 0 Å². The number of rotatable bonds is 3. The molecule has 0 heterocycles. The Morgan fingerprint density at radius 1 is 1.07 bits per heavy atom. The molecule has 1 aromatic carbocycles. The van der Waals surface area contributed by atoms with Crippen LogP contribution in [0.25, 0.3) is 6.08 Å². The van der Waals surface area contributed by atoms with Gasteiger partial charge in [0.15, 0.2) is 0 Å². The Labute approximate surface area is 84.9 Å². The van der Waals surface area contributed by atoms with Gasteiger partial charge in [0.25, 0.3) is 0 Å². The van der Waals surface area contributed by atoms with Crippen LogP contribution in [0.2, 0.25) is 0 Å². The average Bonchev–Trinajstić information content (AvgIpc) is 2.15. The minimum Gasteiger partial charge on any atom is -0.507 e. The number of phenols is 1. The number of aromatic hydroxyl groups is 1. The minimum absolute atomic E-state index is 0.150. The number of carbonyl (C=O) groups is 2. The summed E-state index contributed by atoms with van der Waals surface area (Å²) < 4.78 is 0. The van der Waals surface area contributed by atoms with Gasteiger partial charge in [-0.15, -0.1) is 0 Å². The summed E-state index contributed by atoms with van der Waals surface area (Å²) in [5, 5.41) is 26.4. The van der Waals surface area contributed by atoms with Crippen LogP contribution in [0.1, 0.15) is 5.56 Å². The molecule has 15 heavy (non-hydrogen) atoms. The third kappa shape index (κ3) is 2.57. The number of aliphatic carboxylic acids is 2. The minimum atomic E-state index is -1.55. The number of hydrogen-bond acceptors (Lipinski definition) is 3. The molecular formula is C10H8O5. The van der Waals surface area contributed by atoms with Gasteiger partial charge in [-0.2, -0.15) is 0 Å². The van der Waals surface area contributed by atoms with Gasteiger partial charge in [-0.25, -0.2) is 9.59 Å². The zero-order valence-corrected chi connectivity index (χ0v) is 7.54. The fourth-order valence-electron chi connectivity index (χ4n) is 0.980. The molecule has 0 amide bonds. The second-order valence-corrected chi connectivity index (χ2v) is 2.73. The van der Waals surface area contributed by atoms with E-state index in [1.165, 1.54) is 12.1 Å². The monoisotopic (exact) mass is 208 g/mol. The van der Waals surface area contributed by atoms with Crippen molar-refractivity contribution in [3.05, 3.63) is 35.4 Å². The van der Waals surface area contributed by atoms with Crippen LogP contribution in [0.5, 0.6) is 5.75 Å². The normalized spacial score (nSPS) is 9.33. The van der Waals surface area contributed by atoms with Gasteiger partial charge in [0.1, 0.15) is 11.3 Å². The highest BCUT2D eigenvalue weighted by Crippen LogP contribution is 2.19. The summed E-state index contributed by atoms with van der Waals surface area (Å²) in [4.78, 5) is 21.1. The molecule has 0 atom stereocenters. The molecule has 78 valence electrons. The summed E-state index contributed by atoms with van der Waals surface area (Å²) in [6.07, 6.45) is 0.903. The molecule has 0 aromatic heterocycles. The van der Waals surface area contributed by atoms with Crippen LogP contribution in [-0.4, -0.2) is 27.3 Å². The Balaban J connectivity index is 3.19. The summed E-state index contributed by atoms with van der Waals surface area (Å²) in [6, 6.07) is 5.87. The number of benzene rings is 1. The van der Waals surface area contributed by atoms with E-state index in [-0.39, 0.29) is 11.3 Å². The van der Waals surface area contributed by atoms with Gasteiger partial charge in [0.05, 0.1) is 0 Å². The zero-order valence-electron chi connectivity index (χ0n) is 7.54. The predicted octanol–water partition coefficient (Wildman–Crippen LogP) is 0.945. The first-order valence-corrected chi connectivity index (χ1v) is 3.98. The van der Waals surface area contributed by atoms with E-state index in [1.54, 1.807) is 12.1 Å². The van der Waals surface area contributed by atoms with Crippen LogP contribution in [0.15, 0.2) is 29.8 Å². The van der Waals surface area contributed by atoms with Crippen LogP contribution < -0.4 is 0 Å². The first-order valence-electron chi connectivity index (χ1n) is 3.98. The van der Waals surface area contributed by atoms with Crippen molar-refractivity contribution in [3.8, 4) is 5.75 Å². The zero-order chi connectivity index (χ0) is 11.4. The standard InChI is InChI=1S/C10H8O5/c11-8-4-2-1-3-6(8)5-7(9(12)13)10(14)15/h1-5,11H,(H,12,13)(H,14,15). The van der Waals surface area contributed by atoms with Crippen LogP contribution >= 0.6 is 0 Å². The third-order valence-corrected chi connectivity index (χ3v) is 1.70. The highest BCUT2D eigenvalue weighted by molar-refractivity contribution is 6.16. The molecule has 0 bridgehead atoms. The topological polar surface area (TPSA) is 94.8 Å². The van der Waals surface area contributed by atoms with Crippen molar-refractivity contribution in [1.82, 2.24) is 0 Å². The smallest absolute Gasteiger partial charge is 0.343 e. The molecule has 0 aliphatic heterocycles. The van der Waals surface area contributed by atoms with Crippen molar-refractivity contribution < 1.29 is 24.9 Å².